The van der Waals surface area contributed by atoms with E-state index in [1.165, 1.54) is 36.2 Å². The summed E-state index contributed by atoms with van der Waals surface area (Å²) in [6.07, 6.45) is 0. The third-order valence-electron chi connectivity index (χ3n) is 3.98. The molecule has 0 spiro atoms. The van der Waals surface area contributed by atoms with E-state index in [-0.39, 0.29) is 23.8 Å². The number of carbonyl (C=O) groups is 2. The standard InChI is InChI=1S/C20H22F2N2O3/c1-12-8-13(2)18(14(3)9-12)23-17(25)11-24(4)19(26)15-6-5-7-16(10-15)27-20(21)22/h5-10,20H,11H2,1-4H3,(H,23,25). The van der Waals surface area contributed by atoms with Gasteiger partial charge in [0.1, 0.15) is 5.75 Å². The number of hydrogen-bond donors (Lipinski definition) is 1. The number of benzene rings is 2. The Morgan fingerprint density at radius 2 is 1.74 bits per heavy atom. The van der Waals surface area contributed by atoms with Crippen LogP contribution in [0.5, 0.6) is 5.75 Å². The molecule has 0 fully saturated rings. The summed E-state index contributed by atoms with van der Waals surface area (Å²) in [7, 11) is 1.47. The summed E-state index contributed by atoms with van der Waals surface area (Å²) < 4.78 is 28.9. The third kappa shape index (κ3) is 5.51. The van der Waals surface area contributed by atoms with E-state index < -0.39 is 12.5 Å². The summed E-state index contributed by atoms with van der Waals surface area (Å²) in [6, 6.07) is 9.40. The number of carbonyl (C=O) groups excluding carboxylic acids is 2. The van der Waals surface area contributed by atoms with Crippen LogP contribution in [0.25, 0.3) is 0 Å². The number of anilines is 1. The van der Waals surface area contributed by atoms with Crippen LogP contribution in [-0.4, -0.2) is 36.9 Å². The molecule has 2 amide bonds. The van der Waals surface area contributed by atoms with Crippen molar-refractivity contribution in [3.63, 3.8) is 0 Å². The summed E-state index contributed by atoms with van der Waals surface area (Å²) in [5, 5.41) is 2.82. The number of halogens is 2. The van der Waals surface area contributed by atoms with E-state index in [1.807, 2.05) is 32.9 Å². The first-order valence-electron chi connectivity index (χ1n) is 8.35. The van der Waals surface area contributed by atoms with Gasteiger partial charge in [0.2, 0.25) is 5.91 Å². The molecule has 0 aliphatic heterocycles. The minimum atomic E-state index is -2.97. The maximum atomic E-state index is 12.5. The van der Waals surface area contributed by atoms with Crippen LogP contribution in [0.15, 0.2) is 36.4 Å². The van der Waals surface area contributed by atoms with E-state index in [2.05, 4.69) is 10.1 Å². The van der Waals surface area contributed by atoms with E-state index in [4.69, 9.17) is 0 Å². The zero-order chi connectivity index (χ0) is 20.1. The van der Waals surface area contributed by atoms with Crippen molar-refractivity contribution in [3.8, 4) is 5.75 Å². The lowest BCUT2D eigenvalue weighted by Crippen LogP contribution is -2.35. The molecule has 0 bridgehead atoms. The van der Waals surface area contributed by atoms with Gasteiger partial charge in [0.05, 0.1) is 6.54 Å². The molecule has 0 aliphatic carbocycles. The molecule has 0 saturated heterocycles. The first-order chi connectivity index (χ1) is 12.7. The first kappa shape index (κ1) is 20.4. The average Bonchev–Trinajstić information content (AvgIpc) is 2.57. The third-order valence-corrected chi connectivity index (χ3v) is 3.98. The van der Waals surface area contributed by atoms with Gasteiger partial charge in [-0.2, -0.15) is 8.78 Å². The molecule has 0 aliphatic rings. The predicted octanol–water partition coefficient (Wildman–Crippen LogP) is 3.92. The predicted molar refractivity (Wildman–Crippen MR) is 99.3 cm³/mol. The van der Waals surface area contributed by atoms with Crippen LogP contribution in [0, 0.1) is 20.8 Å². The Labute approximate surface area is 156 Å². The lowest BCUT2D eigenvalue weighted by molar-refractivity contribution is -0.116. The monoisotopic (exact) mass is 376 g/mol. The molecule has 7 heteroatoms. The maximum absolute atomic E-state index is 12.5. The van der Waals surface area contributed by atoms with Crippen molar-refractivity contribution in [1.82, 2.24) is 4.90 Å². The number of hydrogen-bond acceptors (Lipinski definition) is 3. The number of nitrogens with zero attached hydrogens (tertiary/aromatic N) is 1. The topological polar surface area (TPSA) is 58.6 Å². The Morgan fingerprint density at radius 1 is 1.11 bits per heavy atom. The summed E-state index contributed by atoms with van der Waals surface area (Å²) in [4.78, 5) is 26.0. The number of rotatable bonds is 6. The average molecular weight is 376 g/mol. The van der Waals surface area contributed by atoms with Gasteiger partial charge in [-0.15, -0.1) is 0 Å². The molecule has 27 heavy (non-hydrogen) atoms. The molecule has 0 radical (unpaired) electrons. The van der Waals surface area contributed by atoms with Crippen LogP contribution in [0.2, 0.25) is 0 Å². The molecule has 0 unspecified atom stereocenters. The van der Waals surface area contributed by atoms with Gasteiger partial charge < -0.3 is 15.0 Å². The van der Waals surface area contributed by atoms with Crippen molar-refractivity contribution in [3.05, 3.63) is 58.7 Å². The number of ether oxygens (including phenoxy) is 1. The second-order valence-corrected chi connectivity index (χ2v) is 6.39. The van der Waals surface area contributed by atoms with Gasteiger partial charge in [-0.3, -0.25) is 9.59 Å². The van der Waals surface area contributed by atoms with Crippen LogP contribution in [0.1, 0.15) is 27.0 Å². The number of nitrogens with one attached hydrogen (secondary N) is 1. The van der Waals surface area contributed by atoms with Crippen molar-refractivity contribution < 1.29 is 23.1 Å². The van der Waals surface area contributed by atoms with Crippen molar-refractivity contribution in [1.29, 1.82) is 0 Å². The first-order valence-corrected chi connectivity index (χ1v) is 8.35. The van der Waals surface area contributed by atoms with Crippen LogP contribution >= 0.6 is 0 Å². The lowest BCUT2D eigenvalue weighted by atomic mass is 10.1. The molecule has 2 aromatic rings. The molecule has 144 valence electrons. The number of amides is 2. The molecular formula is C20H22F2N2O3. The molecule has 0 atom stereocenters. The minimum absolute atomic E-state index is 0.111. The quantitative estimate of drug-likeness (QED) is 0.831. The fraction of sp³-hybridized carbons (Fsp3) is 0.300. The Balaban J connectivity index is 2.05. The molecule has 0 heterocycles. The highest BCUT2D eigenvalue weighted by atomic mass is 19.3. The number of alkyl halides is 2. The van der Waals surface area contributed by atoms with Gasteiger partial charge in [-0.05, 0) is 50.1 Å². The van der Waals surface area contributed by atoms with Crippen molar-refractivity contribution in [2.45, 2.75) is 27.4 Å². The molecule has 1 N–H and O–H groups in total. The molecular weight excluding hydrogens is 354 g/mol. The van der Waals surface area contributed by atoms with E-state index in [0.717, 1.165) is 22.4 Å². The van der Waals surface area contributed by atoms with Crippen LogP contribution in [0.3, 0.4) is 0 Å². The molecule has 2 aromatic carbocycles. The fourth-order valence-electron chi connectivity index (χ4n) is 2.87. The Bertz CT molecular complexity index is 830. The lowest BCUT2D eigenvalue weighted by Gasteiger charge is -2.19. The zero-order valence-corrected chi connectivity index (χ0v) is 15.7. The van der Waals surface area contributed by atoms with Gasteiger partial charge in [0.15, 0.2) is 0 Å². The van der Waals surface area contributed by atoms with Crippen molar-refractivity contribution >= 4 is 17.5 Å². The van der Waals surface area contributed by atoms with E-state index in [0.29, 0.717) is 0 Å². The Kier molecular flexibility index (Phi) is 6.50. The van der Waals surface area contributed by atoms with Crippen molar-refractivity contribution in [2.75, 3.05) is 18.9 Å². The fourth-order valence-corrected chi connectivity index (χ4v) is 2.87. The largest absolute Gasteiger partial charge is 0.435 e. The molecule has 0 saturated carbocycles. The second-order valence-electron chi connectivity index (χ2n) is 6.39. The highest BCUT2D eigenvalue weighted by Crippen LogP contribution is 2.22. The summed E-state index contributed by atoms with van der Waals surface area (Å²) in [6.45, 7) is 2.63. The summed E-state index contributed by atoms with van der Waals surface area (Å²) in [5.74, 6) is -0.928. The van der Waals surface area contributed by atoms with E-state index >= 15 is 0 Å². The SMILES string of the molecule is Cc1cc(C)c(NC(=O)CN(C)C(=O)c2cccc(OC(F)F)c2)c(C)c1. The molecule has 0 aromatic heterocycles. The number of aryl methyl sites for hydroxylation is 3. The van der Waals surface area contributed by atoms with Crippen LogP contribution < -0.4 is 10.1 Å². The van der Waals surface area contributed by atoms with Gasteiger partial charge in [0.25, 0.3) is 5.91 Å². The summed E-state index contributed by atoms with van der Waals surface area (Å²) in [5.41, 5.74) is 3.85. The highest BCUT2D eigenvalue weighted by molar-refractivity contribution is 6.00. The van der Waals surface area contributed by atoms with Crippen molar-refractivity contribution in [2.24, 2.45) is 0 Å². The smallest absolute Gasteiger partial charge is 0.387 e. The summed E-state index contributed by atoms with van der Waals surface area (Å²) >= 11 is 0. The Morgan fingerprint density at radius 3 is 2.33 bits per heavy atom. The normalized spacial score (nSPS) is 10.6. The highest BCUT2D eigenvalue weighted by Gasteiger charge is 2.17. The van der Waals surface area contributed by atoms with Crippen LogP contribution in [-0.2, 0) is 4.79 Å². The van der Waals surface area contributed by atoms with Gasteiger partial charge in [-0.25, -0.2) is 0 Å². The molecule has 5 nitrogen and oxygen atoms in total. The molecule has 2 rings (SSSR count). The van der Waals surface area contributed by atoms with Gasteiger partial charge in [0, 0.05) is 18.3 Å². The second kappa shape index (κ2) is 8.62. The van der Waals surface area contributed by atoms with Crippen LogP contribution in [0.4, 0.5) is 14.5 Å². The van der Waals surface area contributed by atoms with Gasteiger partial charge >= 0.3 is 6.61 Å². The maximum Gasteiger partial charge on any atom is 0.387 e. The Hall–Kier alpha value is -2.96. The van der Waals surface area contributed by atoms with E-state index in [9.17, 15) is 18.4 Å². The zero-order valence-electron chi connectivity index (χ0n) is 15.7. The minimum Gasteiger partial charge on any atom is -0.435 e. The van der Waals surface area contributed by atoms with E-state index in [1.54, 1.807) is 0 Å². The van der Waals surface area contributed by atoms with Gasteiger partial charge in [-0.1, -0.05) is 23.8 Å². The number of likely N-dealkylation sites (N-methyl/N-ethyl adjacent to an activating group) is 1.